The van der Waals surface area contributed by atoms with Gasteiger partial charge in [0.15, 0.2) is 0 Å². The number of halogens is 1. The van der Waals surface area contributed by atoms with Gasteiger partial charge in [0, 0.05) is 6.04 Å². The normalized spacial score (nSPS) is 30.2. The summed E-state index contributed by atoms with van der Waals surface area (Å²) in [4.78, 5) is 0. The van der Waals surface area contributed by atoms with E-state index in [2.05, 4.69) is 13.0 Å². The van der Waals surface area contributed by atoms with Crippen LogP contribution in [0.25, 0.3) is 0 Å². The summed E-state index contributed by atoms with van der Waals surface area (Å²) in [6.07, 6.45) is 1.22. The number of hydrogen-bond acceptors (Lipinski definition) is 2. The van der Waals surface area contributed by atoms with E-state index in [0.717, 1.165) is 4.34 Å². The van der Waals surface area contributed by atoms with Crippen LogP contribution < -0.4 is 5.73 Å². The van der Waals surface area contributed by atoms with Crippen molar-refractivity contribution in [1.82, 2.24) is 0 Å². The maximum Gasteiger partial charge on any atom is 0.0963 e. The maximum absolute atomic E-state index is 6.02. The zero-order valence-corrected chi connectivity index (χ0v) is 8.53. The number of hydrogen-bond donors (Lipinski definition) is 1. The Hall–Kier alpha value is -0.0500. The largest absolute Gasteiger partial charge is 0.328 e. The molecule has 0 saturated heterocycles. The van der Waals surface area contributed by atoms with Crippen LogP contribution in [0.2, 0.25) is 4.34 Å². The second kappa shape index (κ2) is 3.02. The fourth-order valence-electron chi connectivity index (χ4n) is 1.72. The minimum absolute atomic E-state index is 0.311. The van der Waals surface area contributed by atoms with E-state index < -0.39 is 0 Å². The molecule has 1 aliphatic rings. The smallest absolute Gasteiger partial charge is 0.0963 e. The Morgan fingerprint density at radius 2 is 2.50 bits per heavy atom. The molecule has 1 aliphatic carbocycles. The van der Waals surface area contributed by atoms with Gasteiger partial charge in [0.05, 0.1) is 4.34 Å². The molecule has 1 aromatic rings. The van der Waals surface area contributed by atoms with Crippen molar-refractivity contribution >= 4 is 22.9 Å². The van der Waals surface area contributed by atoms with Crippen LogP contribution in [0, 0.1) is 5.92 Å². The van der Waals surface area contributed by atoms with Crippen LogP contribution in [0.1, 0.15) is 24.8 Å². The highest BCUT2D eigenvalue weighted by molar-refractivity contribution is 7.14. The molecule has 12 heavy (non-hydrogen) atoms. The maximum atomic E-state index is 6.02. The minimum Gasteiger partial charge on any atom is -0.328 e. The summed E-state index contributed by atoms with van der Waals surface area (Å²) >= 11 is 7.63. The van der Waals surface area contributed by atoms with Gasteiger partial charge in [-0.05, 0) is 42.2 Å². The van der Waals surface area contributed by atoms with Crippen molar-refractivity contribution in [3.8, 4) is 0 Å². The molecule has 0 spiro atoms. The van der Waals surface area contributed by atoms with E-state index in [-0.39, 0.29) is 0 Å². The van der Waals surface area contributed by atoms with E-state index >= 15 is 0 Å². The van der Waals surface area contributed by atoms with Crippen LogP contribution >= 0.6 is 22.9 Å². The molecule has 1 nitrogen and oxygen atoms in total. The Balaban J connectivity index is 2.10. The van der Waals surface area contributed by atoms with Gasteiger partial charge in [-0.15, -0.1) is 11.3 Å². The zero-order chi connectivity index (χ0) is 8.72. The first-order chi connectivity index (χ1) is 5.70. The summed E-state index contributed by atoms with van der Waals surface area (Å²) in [7, 11) is 0. The van der Waals surface area contributed by atoms with Gasteiger partial charge in [0.25, 0.3) is 0 Å². The summed E-state index contributed by atoms with van der Waals surface area (Å²) in [6.45, 7) is 2.07. The monoisotopic (exact) mass is 201 g/mol. The molecule has 1 aromatic heterocycles. The van der Waals surface area contributed by atoms with Gasteiger partial charge in [0.2, 0.25) is 0 Å². The lowest BCUT2D eigenvalue weighted by molar-refractivity contribution is 0.632. The second-order valence-corrected chi connectivity index (χ2v) is 5.03. The Kier molecular flexibility index (Phi) is 2.15. The molecular formula is C9H12ClNS. The average Bonchev–Trinajstić information content (AvgIpc) is 2.70. The van der Waals surface area contributed by atoms with Crippen LogP contribution in [0.3, 0.4) is 0 Å². The number of nitrogens with two attached hydrogens (primary N) is 1. The molecule has 2 rings (SSSR count). The molecule has 1 saturated carbocycles. The Labute approximate surface area is 81.5 Å². The molecule has 3 unspecified atom stereocenters. The topological polar surface area (TPSA) is 26.0 Å². The average molecular weight is 202 g/mol. The molecule has 2 N–H and O–H groups in total. The van der Waals surface area contributed by atoms with Gasteiger partial charge in [0.1, 0.15) is 0 Å². The summed E-state index contributed by atoms with van der Waals surface area (Å²) in [5.74, 6) is 1.31. The van der Waals surface area contributed by atoms with Crippen molar-refractivity contribution in [3.63, 3.8) is 0 Å². The van der Waals surface area contributed by atoms with E-state index in [1.54, 1.807) is 11.3 Å². The van der Waals surface area contributed by atoms with Gasteiger partial charge < -0.3 is 5.73 Å². The fourth-order valence-corrected chi connectivity index (χ4v) is 2.77. The van der Waals surface area contributed by atoms with Crippen LogP contribution in [0.15, 0.2) is 11.4 Å². The molecule has 0 aliphatic heterocycles. The van der Waals surface area contributed by atoms with E-state index in [4.69, 9.17) is 17.3 Å². The third kappa shape index (κ3) is 1.39. The van der Waals surface area contributed by atoms with E-state index in [9.17, 15) is 0 Å². The summed E-state index contributed by atoms with van der Waals surface area (Å²) in [5.41, 5.74) is 7.11. The third-order valence-corrected chi connectivity index (χ3v) is 3.76. The van der Waals surface area contributed by atoms with Crippen molar-refractivity contribution in [2.45, 2.75) is 25.3 Å². The zero-order valence-electron chi connectivity index (χ0n) is 6.96. The summed E-state index contributed by atoms with van der Waals surface area (Å²) in [6, 6.07) is 2.44. The van der Waals surface area contributed by atoms with E-state index in [1.165, 1.54) is 12.0 Å². The van der Waals surface area contributed by atoms with Crippen LogP contribution in [-0.4, -0.2) is 6.04 Å². The molecule has 66 valence electrons. The van der Waals surface area contributed by atoms with Crippen LogP contribution in [0.4, 0.5) is 0 Å². The quantitative estimate of drug-likeness (QED) is 0.783. The van der Waals surface area contributed by atoms with E-state index in [0.29, 0.717) is 17.9 Å². The Morgan fingerprint density at radius 1 is 1.75 bits per heavy atom. The highest BCUT2D eigenvalue weighted by Gasteiger charge is 2.41. The van der Waals surface area contributed by atoms with Crippen molar-refractivity contribution in [2.75, 3.05) is 0 Å². The molecule has 1 fully saturated rings. The van der Waals surface area contributed by atoms with Gasteiger partial charge in [-0.25, -0.2) is 0 Å². The molecule has 0 radical (unpaired) electrons. The molecular weight excluding hydrogens is 190 g/mol. The van der Waals surface area contributed by atoms with Gasteiger partial charge in [-0.2, -0.15) is 0 Å². The first kappa shape index (κ1) is 8.54. The fraction of sp³-hybridized carbons (Fsp3) is 0.556. The Bertz CT molecular complexity index is 282. The highest BCUT2D eigenvalue weighted by atomic mass is 35.5. The first-order valence-corrected chi connectivity index (χ1v) is 5.44. The highest BCUT2D eigenvalue weighted by Crippen LogP contribution is 2.51. The van der Waals surface area contributed by atoms with E-state index in [1.807, 2.05) is 5.38 Å². The number of thiophene rings is 1. The van der Waals surface area contributed by atoms with Crippen LogP contribution in [0.5, 0.6) is 0 Å². The SMILES string of the molecule is CC(N)C1CC1c1ccsc1Cl. The van der Waals surface area contributed by atoms with Gasteiger partial charge >= 0.3 is 0 Å². The minimum atomic E-state index is 0.311. The van der Waals surface area contributed by atoms with Gasteiger partial charge in [-0.3, -0.25) is 0 Å². The van der Waals surface area contributed by atoms with Crippen molar-refractivity contribution in [2.24, 2.45) is 11.7 Å². The number of rotatable bonds is 2. The van der Waals surface area contributed by atoms with Gasteiger partial charge in [-0.1, -0.05) is 11.6 Å². The molecule has 0 bridgehead atoms. The lowest BCUT2D eigenvalue weighted by Gasteiger charge is -2.01. The van der Waals surface area contributed by atoms with Crippen molar-refractivity contribution < 1.29 is 0 Å². The predicted octanol–water partition coefficient (Wildman–Crippen LogP) is 2.85. The molecule has 3 heteroatoms. The lowest BCUT2D eigenvalue weighted by Crippen LogP contribution is -2.17. The molecule has 1 heterocycles. The molecule has 3 atom stereocenters. The predicted molar refractivity (Wildman–Crippen MR) is 53.8 cm³/mol. The first-order valence-electron chi connectivity index (χ1n) is 4.18. The third-order valence-electron chi connectivity index (χ3n) is 2.56. The lowest BCUT2D eigenvalue weighted by atomic mass is 10.1. The second-order valence-electron chi connectivity index (χ2n) is 3.51. The van der Waals surface area contributed by atoms with Crippen molar-refractivity contribution in [3.05, 3.63) is 21.3 Å². The molecule has 0 aromatic carbocycles. The Morgan fingerprint density at radius 3 is 2.92 bits per heavy atom. The van der Waals surface area contributed by atoms with Crippen LogP contribution in [-0.2, 0) is 0 Å². The summed E-state index contributed by atoms with van der Waals surface area (Å²) < 4.78 is 0.947. The molecule has 0 amide bonds. The van der Waals surface area contributed by atoms with Crippen molar-refractivity contribution in [1.29, 1.82) is 0 Å². The standard InChI is InChI=1S/C9H12ClNS/c1-5(11)7-4-8(7)6-2-3-12-9(6)10/h2-3,5,7-8H,4,11H2,1H3. The summed E-state index contributed by atoms with van der Waals surface area (Å²) in [5, 5.41) is 2.05.